The Morgan fingerprint density at radius 3 is 3.00 bits per heavy atom. The highest BCUT2D eigenvalue weighted by Gasteiger charge is 2.16. The molecule has 0 unspecified atom stereocenters. The predicted octanol–water partition coefficient (Wildman–Crippen LogP) is 0.0855. The Balaban J connectivity index is 2.38. The normalized spacial score (nSPS) is 18.4. The van der Waals surface area contributed by atoms with Crippen LogP contribution in [0.1, 0.15) is 12.8 Å². The first-order valence-corrected chi connectivity index (χ1v) is 4.49. The van der Waals surface area contributed by atoms with Crippen molar-refractivity contribution in [3.63, 3.8) is 0 Å². The number of carbonyl (C=O) groups is 1. The highest BCUT2D eigenvalue weighted by molar-refractivity contribution is 5.87. The number of carboxylic acids is 1. The van der Waals surface area contributed by atoms with Gasteiger partial charge in [0, 0.05) is 31.8 Å². The number of hydrogen-bond donors (Lipinski definition) is 2. The quantitative estimate of drug-likeness (QED) is 0.651. The lowest BCUT2D eigenvalue weighted by Gasteiger charge is -2.25. The van der Waals surface area contributed by atoms with Crippen molar-refractivity contribution < 1.29 is 15.0 Å². The van der Waals surface area contributed by atoms with E-state index < -0.39 is 5.97 Å². The van der Waals surface area contributed by atoms with Gasteiger partial charge in [0.25, 0.3) is 0 Å². The van der Waals surface area contributed by atoms with Gasteiger partial charge in [0.1, 0.15) is 0 Å². The van der Waals surface area contributed by atoms with E-state index in [4.69, 9.17) is 10.2 Å². The van der Waals surface area contributed by atoms with Crippen molar-refractivity contribution in [2.24, 2.45) is 0 Å². The van der Waals surface area contributed by atoms with Gasteiger partial charge in [-0.05, 0) is 12.8 Å². The lowest BCUT2D eigenvalue weighted by Crippen LogP contribution is -2.33. The standard InChI is InChI=1S/C9H15NO3/c11-6-2-5-10-4-1-3-8(7-10)9(12)13/h3,11H,1-2,4-7H2,(H,12,13). The summed E-state index contributed by atoms with van der Waals surface area (Å²) in [4.78, 5) is 12.7. The first-order chi connectivity index (χ1) is 6.24. The second kappa shape index (κ2) is 4.99. The molecule has 0 atom stereocenters. The number of carboxylic acid groups (broad SMARTS) is 1. The molecule has 1 aliphatic heterocycles. The van der Waals surface area contributed by atoms with Crippen molar-refractivity contribution in [1.29, 1.82) is 0 Å². The minimum absolute atomic E-state index is 0.169. The van der Waals surface area contributed by atoms with Crippen molar-refractivity contribution in [2.75, 3.05) is 26.2 Å². The summed E-state index contributed by atoms with van der Waals surface area (Å²) in [7, 11) is 0. The van der Waals surface area contributed by atoms with Crippen LogP contribution in [0.25, 0.3) is 0 Å². The predicted molar refractivity (Wildman–Crippen MR) is 48.5 cm³/mol. The SMILES string of the molecule is O=C(O)C1=CCCN(CCCO)C1. The fraction of sp³-hybridized carbons (Fsp3) is 0.667. The summed E-state index contributed by atoms with van der Waals surface area (Å²) in [6.07, 6.45) is 3.29. The highest BCUT2D eigenvalue weighted by Crippen LogP contribution is 2.09. The van der Waals surface area contributed by atoms with Gasteiger partial charge in [-0.3, -0.25) is 4.90 Å². The van der Waals surface area contributed by atoms with Gasteiger partial charge < -0.3 is 10.2 Å². The molecule has 4 heteroatoms. The molecule has 0 spiro atoms. The molecule has 0 amide bonds. The number of nitrogens with zero attached hydrogens (tertiary/aromatic N) is 1. The van der Waals surface area contributed by atoms with Gasteiger partial charge in [-0.25, -0.2) is 4.79 Å². The lowest BCUT2D eigenvalue weighted by molar-refractivity contribution is -0.133. The maximum Gasteiger partial charge on any atom is 0.332 e. The van der Waals surface area contributed by atoms with Crippen molar-refractivity contribution in [3.8, 4) is 0 Å². The van der Waals surface area contributed by atoms with Crippen LogP contribution in [0.4, 0.5) is 0 Å². The van der Waals surface area contributed by atoms with E-state index in [0.717, 1.165) is 19.5 Å². The summed E-state index contributed by atoms with van der Waals surface area (Å²) in [5, 5.41) is 17.4. The molecule has 1 aliphatic rings. The summed E-state index contributed by atoms with van der Waals surface area (Å²) in [5.74, 6) is -0.825. The number of aliphatic hydroxyl groups is 1. The second-order valence-corrected chi connectivity index (χ2v) is 3.18. The van der Waals surface area contributed by atoms with Crippen LogP contribution in [-0.2, 0) is 4.79 Å². The third kappa shape index (κ3) is 3.16. The molecule has 0 bridgehead atoms. The van der Waals surface area contributed by atoms with Crippen LogP contribution < -0.4 is 0 Å². The van der Waals surface area contributed by atoms with Gasteiger partial charge in [0.2, 0.25) is 0 Å². The van der Waals surface area contributed by atoms with Gasteiger partial charge in [0.05, 0.1) is 0 Å². The molecule has 0 aromatic heterocycles. The Hall–Kier alpha value is -0.870. The van der Waals surface area contributed by atoms with Gasteiger partial charge in [-0.1, -0.05) is 6.08 Å². The number of hydrogen-bond acceptors (Lipinski definition) is 3. The molecule has 0 saturated heterocycles. The van der Waals surface area contributed by atoms with Gasteiger partial charge in [-0.15, -0.1) is 0 Å². The van der Waals surface area contributed by atoms with E-state index >= 15 is 0 Å². The second-order valence-electron chi connectivity index (χ2n) is 3.18. The number of rotatable bonds is 4. The van der Waals surface area contributed by atoms with E-state index in [9.17, 15) is 4.79 Å². The summed E-state index contributed by atoms with van der Waals surface area (Å²) in [6, 6.07) is 0. The maximum absolute atomic E-state index is 10.6. The fourth-order valence-corrected chi connectivity index (χ4v) is 1.45. The number of aliphatic hydroxyl groups excluding tert-OH is 1. The molecule has 1 heterocycles. The molecule has 0 aliphatic carbocycles. The zero-order valence-electron chi connectivity index (χ0n) is 7.57. The minimum Gasteiger partial charge on any atom is -0.478 e. The third-order valence-corrected chi connectivity index (χ3v) is 2.14. The molecule has 0 radical (unpaired) electrons. The third-order valence-electron chi connectivity index (χ3n) is 2.14. The van der Waals surface area contributed by atoms with E-state index in [0.29, 0.717) is 18.5 Å². The maximum atomic E-state index is 10.6. The Bertz CT molecular complexity index is 213. The zero-order chi connectivity index (χ0) is 9.68. The fourth-order valence-electron chi connectivity index (χ4n) is 1.45. The first kappa shape index (κ1) is 10.2. The smallest absolute Gasteiger partial charge is 0.332 e. The molecule has 0 fully saturated rings. The van der Waals surface area contributed by atoms with Gasteiger partial charge in [-0.2, -0.15) is 0 Å². The summed E-state index contributed by atoms with van der Waals surface area (Å²) < 4.78 is 0. The molecule has 4 nitrogen and oxygen atoms in total. The van der Waals surface area contributed by atoms with Crippen molar-refractivity contribution in [1.82, 2.24) is 4.90 Å². The topological polar surface area (TPSA) is 60.8 Å². The molecule has 0 saturated carbocycles. The van der Waals surface area contributed by atoms with Gasteiger partial charge in [0.15, 0.2) is 0 Å². The molecule has 0 aromatic rings. The summed E-state index contributed by atoms with van der Waals surface area (Å²) in [5.41, 5.74) is 0.476. The lowest BCUT2D eigenvalue weighted by atomic mass is 10.1. The zero-order valence-corrected chi connectivity index (χ0v) is 7.57. The largest absolute Gasteiger partial charge is 0.478 e. The van der Waals surface area contributed by atoms with Crippen LogP contribution in [0.3, 0.4) is 0 Å². The van der Waals surface area contributed by atoms with Crippen LogP contribution in [0.5, 0.6) is 0 Å². The summed E-state index contributed by atoms with van der Waals surface area (Å²) >= 11 is 0. The van der Waals surface area contributed by atoms with Crippen molar-refractivity contribution >= 4 is 5.97 Å². The first-order valence-electron chi connectivity index (χ1n) is 4.49. The number of aliphatic carboxylic acids is 1. The molecular formula is C9H15NO3. The average molecular weight is 185 g/mol. The molecular weight excluding hydrogens is 170 g/mol. The van der Waals surface area contributed by atoms with E-state index in [1.54, 1.807) is 6.08 Å². The van der Waals surface area contributed by atoms with Gasteiger partial charge >= 0.3 is 5.97 Å². The molecule has 74 valence electrons. The molecule has 0 aromatic carbocycles. The van der Waals surface area contributed by atoms with Crippen LogP contribution in [0.15, 0.2) is 11.6 Å². The minimum atomic E-state index is -0.825. The molecule has 13 heavy (non-hydrogen) atoms. The monoisotopic (exact) mass is 185 g/mol. The summed E-state index contributed by atoms with van der Waals surface area (Å²) in [6.45, 7) is 2.36. The van der Waals surface area contributed by atoms with Crippen molar-refractivity contribution in [2.45, 2.75) is 12.8 Å². The van der Waals surface area contributed by atoms with E-state index in [-0.39, 0.29) is 6.61 Å². The van der Waals surface area contributed by atoms with Crippen LogP contribution >= 0.6 is 0 Å². The van der Waals surface area contributed by atoms with E-state index in [1.807, 2.05) is 0 Å². The van der Waals surface area contributed by atoms with Crippen molar-refractivity contribution in [3.05, 3.63) is 11.6 Å². The average Bonchev–Trinajstić information content (AvgIpc) is 2.15. The Morgan fingerprint density at radius 2 is 2.38 bits per heavy atom. The molecule has 2 N–H and O–H groups in total. The van der Waals surface area contributed by atoms with Crippen LogP contribution in [-0.4, -0.2) is 47.3 Å². The Kier molecular flexibility index (Phi) is 3.92. The van der Waals surface area contributed by atoms with E-state index in [2.05, 4.69) is 4.90 Å². The molecule has 1 rings (SSSR count). The Labute approximate surface area is 77.5 Å². The van der Waals surface area contributed by atoms with Crippen LogP contribution in [0, 0.1) is 0 Å². The van der Waals surface area contributed by atoms with Crippen LogP contribution in [0.2, 0.25) is 0 Å². The highest BCUT2D eigenvalue weighted by atomic mass is 16.4. The Morgan fingerprint density at radius 1 is 1.62 bits per heavy atom. The van der Waals surface area contributed by atoms with E-state index in [1.165, 1.54) is 0 Å².